The number of hydrogen-bond acceptors (Lipinski definition) is 7. The van der Waals surface area contributed by atoms with E-state index >= 15 is 0 Å². The first-order chi connectivity index (χ1) is 12.2. The Morgan fingerprint density at radius 2 is 2.36 bits per heavy atom. The maximum atomic E-state index is 12.5. The fraction of sp³-hybridized carbons (Fsp3) is 0.471. The van der Waals surface area contributed by atoms with Crippen LogP contribution in [-0.4, -0.2) is 54.8 Å². The van der Waals surface area contributed by atoms with Gasteiger partial charge in [0.2, 0.25) is 5.91 Å². The molecule has 1 amide bonds. The van der Waals surface area contributed by atoms with Crippen molar-refractivity contribution in [1.82, 2.24) is 15.0 Å². The van der Waals surface area contributed by atoms with Gasteiger partial charge in [-0.1, -0.05) is 6.07 Å². The third kappa shape index (κ3) is 4.27. The Morgan fingerprint density at radius 1 is 1.48 bits per heavy atom. The van der Waals surface area contributed by atoms with Crippen LogP contribution in [0.5, 0.6) is 5.88 Å². The predicted octanol–water partition coefficient (Wildman–Crippen LogP) is 1.65. The number of hydrogen-bond donors (Lipinski definition) is 1. The number of rotatable bonds is 6. The molecule has 134 valence electrons. The SMILES string of the molecule is CNc1cccc(C2CN(C(=O)CCc3cc(OC)no3)CCO2)n1. The van der Waals surface area contributed by atoms with E-state index in [9.17, 15) is 4.79 Å². The first-order valence-corrected chi connectivity index (χ1v) is 8.23. The number of ether oxygens (including phenoxy) is 2. The van der Waals surface area contributed by atoms with Crippen molar-refractivity contribution in [1.29, 1.82) is 0 Å². The lowest BCUT2D eigenvalue weighted by Gasteiger charge is -2.32. The number of pyridine rings is 1. The van der Waals surface area contributed by atoms with Crippen molar-refractivity contribution in [3.63, 3.8) is 0 Å². The lowest BCUT2D eigenvalue weighted by molar-refractivity contribution is -0.139. The van der Waals surface area contributed by atoms with Crippen LogP contribution < -0.4 is 10.1 Å². The summed E-state index contributed by atoms with van der Waals surface area (Å²) in [6.07, 6.45) is 0.635. The number of carbonyl (C=O) groups excluding carboxylic acids is 1. The largest absolute Gasteiger partial charge is 0.479 e. The minimum absolute atomic E-state index is 0.0634. The third-order valence-electron chi connectivity index (χ3n) is 4.11. The van der Waals surface area contributed by atoms with Gasteiger partial charge in [-0.25, -0.2) is 4.98 Å². The topological polar surface area (TPSA) is 89.7 Å². The summed E-state index contributed by atoms with van der Waals surface area (Å²) < 4.78 is 15.9. The van der Waals surface area contributed by atoms with E-state index in [-0.39, 0.29) is 12.0 Å². The molecule has 8 nitrogen and oxygen atoms in total. The predicted molar refractivity (Wildman–Crippen MR) is 90.4 cm³/mol. The molecule has 2 aromatic heterocycles. The monoisotopic (exact) mass is 346 g/mol. The second-order valence-corrected chi connectivity index (χ2v) is 5.73. The van der Waals surface area contributed by atoms with E-state index in [4.69, 9.17) is 14.0 Å². The Morgan fingerprint density at radius 3 is 3.12 bits per heavy atom. The van der Waals surface area contributed by atoms with Crippen LogP contribution in [0.1, 0.15) is 24.0 Å². The normalized spacial score (nSPS) is 17.4. The third-order valence-corrected chi connectivity index (χ3v) is 4.11. The standard InChI is InChI=1S/C17H22N4O4/c1-18-15-5-3-4-13(19-15)14-11-21(8-9-24-14)17(22)7-6-12-10-16(23-2)20-25-12/h3-5,10,14H,6-9,11H2,1-2H3,(H,18,19). The molecular formula is C17H22N4O4. The second-order valence-electron chi connectivity index (χ2n) is 5.73. The van der Waals surface area contributed by atoms with Gasteiger partial charge >= 0.3 is 0 Å². The quantitative estimate of drug-likeness (QED) is 0.850. The van der Waals surface area contributed by atoms with Crippen LogP contribution in [-0.2, 0) is 16.0 Å². The van der Waals surface area contributed by atoms with Crippen LogP contribution in [0.3, 0.4) is 0 Å². The fourth-order valence-corrected chi connectivity index (χ4v) is 2.72. The molecule has 8 heteroatoms. The number of amides is 1. The van der Waals surface area contributed by atoms with Crippen LogP contribution in [0.2, 0.25) is 0 Å². The van der Waals surface area contributed by atoms with Crippen LogP contribution in [0.15, 0.2) is 28.8 Å². The lowest BCUT2D eigenvalue weighted by Crippen LogP contribution is -2.42. The molecule has 0 radical (unpaired) electrons. The zero-order valence-electron chi connectivity index (χ0n) is 14.4. The number of aromatic nitrogens is 2. The highest BCUT2D eigenvalue weighted by molar-refractivity contribution is 5.76. The number of nitrogens with zero attached hydrogens (tertiary/aromatic N) is 3. The van der Waals surface area contributed by atoms with Gasteiger partial charge in [-0.05, 0) is 17.3 Å². The fourth-order valence-electron chi connectivity index (χ4n) is 2.72. The van der Waals surface area contributed by atoms with Crippen molar-refractivity contribution in [3.8, 4) is 5.88 Å². The van der Waals surface area contributed by atoms with Gasteiger partial charge in [-0.3, -0.25) is 4.79 Å². The molecule has 1 fully saturated rings. The highest BCUT2D eigenvalue weighted by atomic mass is 16.5. The van der Waals surface area contributed by atoms with Crippen LogP contribution >= 0.6 is 0 Å². The van der Waals surface area contributed by atoms with E-state index < -0.39 is 0 Å². The molecule has 0 bridgehead atoms. The first kappa shape index (κ1) is 17.2. The van der Waals surface area contributed by atoms with Crippen LogP contribution in [0, 0.1) is 0 Å². The van der Waals surface area contributed by atoms with Gasteiger partial charge in [0.1, 0.15) is 17.7 Å². The van der Waals surface area contributed by atoms with E-state index in [0.717, 1.165) is 11.5 Å². The van der Waals surface area contributed by atoms with E-state index in [0.29, 0.717) is 44.2 Å². The summed E-state index contributed by atoms with van der Waals surface area (Å²) in [5, 5.41) is 6.75. The zero-order valence-corrected chi connectivity index (χ0v) is 14.4. The van der Waals surface area contributed by atoms with E-state index in [2.05, 4.69) is 15.5 Å². The lowest BCUT2D eigenvalue weighted by atomic mass is 10.1. The van der Waals surface area contributed by atoms with E-state index in [1.807, 2.05) is 30.1 Å². The summed E-state index contributed by atoms with van der Waals surface area (Å²) >= 11 is 0. The number of carbonyl (C=O) groups is 1. The molecule has 1 aliphatic rings. The van der Waals surface area contributed by atoms with Crippen molar-refractivity contribution in [2.75, 3.05) is 39.2 Å². The zero-order chi connectivity index (χ0) is 17.6. The molecule has 2 aromatic rings. The molecule has 1 N–H and O–H groups in total. The summed E-state index contributed by atoms with van der Waals surface area (Å²) in [7, 11) is 3.35. The maximum absolute atomic E-state index is 12.5. The molecule has 3 heterocycles. The number of aryl methyl sites for hydroxylation is 1. The molecule has 1 atom stereocenters. The maximum Gasteiger partial charge on any atom is 0.254 e. The van der Waals surface area contributed by atoms with Crippen molar-refractivity contribution in [3.05, 3.63) is 35.7 Å². The average molecular weight is 346 g/mol. The molecule has 3 rings (SSSR count). The highest BCUT2D eigenvalue weighted by Crippen LogP contribution is 2.22. The van der Waals surface area contributed by atoms with Gasteiger partial charge in [0, 0.05) is 32.5 Å². The van der Waals surface area contributed by atoms with Crippen molar-refractivity contribution < 1.29 is 18.8 Å². The molecule has 0 saturated carbocycles. The smallest absolute Gasteiger partial charge is 0.254 e. The molecule has 0 aromatic carbocycles. The molecule has 25 heavy (non-hydrogen) atoms. The first-order valence-electron chi connectivity index (χ1n) is 8.23. The van der Waals surface area contributed by atoms with Gasteiger partial charge in [0.25, 0.3) is 5.88 Å². The van der Waals surface area contributed by atoms with Gasteiger partial charge in [-0.15, -0.1) is 0 Å². The van der Waals surface area contributed by atoms with Gasteiger partial charge in [0.15, 0.2) is 0 Å². The molecular weight excluding hydrogens is 324 g/mol. The average Bonchev–Trinajstić information content (AvgIpc) is 3.14. The summed E-state index contributed by atoms with van der Waals surface area (Å²) in [5.74, 6) is 1.90. The molecule has 0 aliphatic carbocycles. The number of morpholine rings is 1. The summed E-state index contributed by atoms with van der Waals surface area (Å²) in [4.78, 5) is 18.8. The Bertz CT molecular complexity index is 718. The van der Waals surface area contributed by atoms with E-state index in [1.54, 1.807) is 6.07 Å². The van der Waals surface area contributed by atoms with Gasteiger partial charge in [-0.2, -0.15) is 0 Å². The number of methoxy groups -OCH3 is 1. The van der Waals surface area contributed by atoms with E-state index in [1.165, 1.54) is 7.11 Å². The van der Waals surface area contributed by atoms with Crippen molar-refractivity contribution in [2.45, 2.75) is 18.9 Å². The van der Waals surface area contributed by atoms with Gasteiger partial charge < -0.3 is 24.2 Å². The molecule has 1 aliphatic heterocycles. The summed E-state index contributed by atoms with van der Waals surface area (Å²) in [6, 6.07) is 7.43. The van der Waals surface area contributed by atoms with Crippen molar-refractivity contribution >= 4 is 11.7 Å². The highest BCUT2D eigenvalue weighted by Gasteiger charge is 2.26. The molecule has 0 spiro atoms. The minimum atomic E-state index is -0.212. The molecule has 1 unspecified atom stereocenters. The Balaban J connectivity index is 1.57. The Labute approximate surface area is 146 Å². The second kappa shape index (κ2) is 7.98. The van der Waals surface area contributed by atoms with Gasteiger partial charge in [0.05, 0.1) is 26.0 Å². The van der Waals surface area contributed by atoms with Crippen molar-refractivity contribution in [2.24, 2.45) is 0 Å². The Hall–Kier alpha value is -2.61. The molecule has 1 saturated heterocycles. The number of nitrogens with one attached hydrogen (secondary N) is 1. The summed E-state index contributed by atoms with van der Waals surface area (Å²) in [6.45, 7) is 1.58. The number of anilines is 1. The van der Waals surface area contributed by atoms with Crippen LogP contribution in [0.4, 0.5) is 5.82 Å². The summed E-state index contributed by atoms with van der Waals surface area (Å²) in [5.41, 5.74) is 0.823. The van der Waals surface area contributed by atoms with Crippen LogP contribution in [0.25, 0.3) is 0 Å². The minimum Gasteiger partial charge on any atom is -0.479 e. The Kier molecular flexibility index (Phi) is 5.49.